The van der Waals surface area contributed by atoms with Crippen molar-refractivity contribution in [2.75, 3.05) is 18.5 Å². The van der Waals surface area contributed by atoms with Gasteiger partial charge in [-0.2, -0.15) is 0 Å². The quantitative estimate of drug-likeness (QED) is 0.567. The Bertz CT molecular complexity index is 823. The second-order valence-corrected chi connectivity index (χ2v) is 7.40. The lowest BCUT2D eigenvalue weighted by Crippen LogP contribution is -2.46. The molecule has 2 fully saturated rings. The molecular formula is C18H20ClN3O5. The van der Waals surface area contributed by atoms with Crippen LogP contribution < -0.4 is 10.6 Å². The van der Waals surface area contributed by atoms with Gasteiger partial charge in [-0.3, -0.25) is 19.3 Å². The normalized spacial score (nSPS) is 21.8. The van der Waals surface area contributed by atoms with Crippen LogP contribution in [0, 0.1) is 12.8 Å². The zero-order valence-electron chi connectivity index (χ0n) is 15.0. The van der Waals surface area contributed by atoms with E-state index in [1.165, 1.54) is 0 Å². The Morgan fingerprint density at radius 3 is 2.74 bits per heavy atom. The Kier molecular flexibility index (Phi) is 5.10. The number of hydrogen-bond acceptors (Lipinski definition) is 5. The monoisotopic (exact) mass is 393 g/mol. The van der Waals surface area contributed by atoms with Gasteiger partial charge in [0.15, 0.2) is 6.61 Å². The van der Waals surface area contributed by atoms with Gasteiger partial charge in [0.1, 0.15) is 12.1 Å². The summed E-state index contributed by atoms with van der Waals surface area (Å²) in [5, 5.41) is 5.70. The van der Waals surface area contributed by atoms with Crippen LogP contribution in [0.15, 0.2) is 18.2 Å². The lowest BCUT2D eigenvalue weighted by molar-refractivity contribution is -0.150. The third-order valence-corrected chi connectivity index (χ3v) is 5.06. The van der Waals surface area contributed by atoms with Crippen molar-refractivity contribution < 1.29 is 23.9 Å². The van der Waals surface area contributed by atoms with E-state index in [1.54, 1.807) is 32.0 Å². The van der Waals surface area contributed by atoms with Gasteiger partial charge in [0, 0.05) is 10.7 Å². The van der Waals surface area contributed by atoms with Crippen LogP contribution in [0.25, 0.3) is 0 Å². The van der Waals surface area contributed by atoms with E-state index in [4.69, 9.17) is 16.3 Å². The summed E-state index contributed by atoms with van der Waals surface area (Å²) in [4.78, 5) is 49.2. The number of esters is 1. The van der Waals surface area contributed by atoms with Crippen molar-refractivity contribution in [3.63, 3.8) is 0 Å². The first-order chi connectivity index (χ1) is 12.7. The molecular weight excluding hydrogens is 374 g/mol. The summed E-state index contributed by atoms with van der Waals surface area (Å²) >= 11 is 5.89. The molecule has 2 N–H and O–H groups in total. The van der Waals surface area contributed by atoms with E-state index in [0.717, 1.165) is 23.3 Å². The first-order valence-electron chi connectivity index (χ1n) is 8.56. The molecule has 1 aliphatic carbocycles. The number of rotatable bonds is 6. The summed E-state index contributed by atoms with van der Waals surface area (Å²) in [6, 6.07) is 4.41. The third-order valence-electron chi connectivity index (χ3n) is 4.82. The highest BCUT2D eigenvalue weighted by Crippen LogP contribution is 2.42. The average Bonchev–Trinajstić information content (AvgIpc) is 3.43. The van der Waals surface area contributed by atoms with Crippen LogP contribution in [-0.4, -0.2) is 47.4 Å². The van der Waals surface area contributed by atoms with E-state index < -0.39 is 42.5 Å². The molecule has 9 heteroatoms. The highest BCUT2D eigenvalue weighted by Gasteiger charge is 2.56. The molecule has 27 heavy (non-hydrogen) atoms. The maximum absolute atomic E-state index is 12.4. The Hall–Kier alpha value is -2.61. The molecule has 1 aliphatic heterocycles. The molecule has 3 rings (SSSR count). The number of nitrogens with zero attached hydrogens (tertiary/aromatic N) is 1. The number of carbonyl (C=O) groups is 4. The van der Waals surface area contributed by atoms with E-state index in [-0.39, 0.29) is 5.92 Å². The summed E-state index contributed by atoms with van der Waals surface area (Å²) in [7, 11) is 0. The Morgan fingerprint density at radius 2 is 2.07 bits per heavy atom. The number of nitrogens with one attached hydrogen (secondary N) is 2. The molecule has 1 saturated heterocycles. The highest BCUT2D eigenvalue weighted by atomic mass is 35.5. The number of carbonyl (C=O) groups excluding carboxylic acids is 4. The van der Waals surface area contributed by atoms with Gasteiger partial charge in [-0.15, -0.1) is 0 Å². The zero-order chi connectivity index (χ0) is 19.8. The molecule has 0 bridgehead atoms. The smallest absolute Gasteiger partial charge is 0.326 e. The van der Waals surface area contributed by atoms with Gasteiger partial charge in [-0.25, -0.2) is 4.79 Å². The fraction of sp³-hybridized carbons (Fsp3) is 0.444. The lowest BCUT2D eigenvalue weighted by Gasteiger charge is -2.20. The number of anilines is 1. The van der Waals surface area contributed by atoms with Crippen LogP contribution in [0.5, 0.6) is 0 Å². The van der Waals surface area contributed by atoms with E-state index in [1.807, 2.05) is 0 Å². The van der Waals surface area contributed by atoms with Crippen molar-refractivity contribution in [2.45, 2.75) is 32.2 Å². The summed E-state index contributed by atoms with van der Waals surface area (Å²) < 4.78 is 4.89. The highest BCUT2D eigenvalue weighted by molar-refractivity contribution is 6.31. The summed E-state index contributed by atoms with van der Waals surface area (Å²) in [6.07, 6.45) is 1.73. The number of imide groups is 1. The molecule has 0 aromatic heterocycles. The van der Waals surface area contributed by atoms with Crippen molar-refractivity contribution in [1.82, 2.24) is 10.2 Å². The molecule has 0 spiro atoms. The van der Waals surface area contributed by atoms with Gasteiger partial charge in [0.2, 0.25) is 0 Å². The molecule has 1 heterocycles. The standard InChI is InChI=1S/C18H20ClN3O5/c1-10-3-6-12(19)7-13(10)20-14(23)9-27-15(24)8-22-16(25)18(2,11-4-5-11)21-17(22)26/h3,6-7,11H,4-5,8-9H2,1-2H3,(H,20,23)(H,21,26)/t18-/m0/s1. The minimum atomic E-state index is -0.959. The average molecular weight is 394 g/mol. The summed E-state index contributed by atoms with van der Waals surface area (Å²) in [6.45, 7) is 2.40. The van der Waals surface area contributed by atoms with Crippen molar-refractivity contribution in [3.8, 4) is 0 Å². The molecule has 1 saturated carbocycles. The van der Waals surface area contributed by atoms with Crippen LogP contribution in [0.1, 0.15) is 25.3 Å². The summed E-state index contributed by atoms with van der Waals surface area (Å²) in [5.74, 6) is -1.72. The van der Waals surface area contributed by atoms with Crippen molar-refractivity contribution in [2.24, 2.45) is 5.92 Å². The van der Waals surface area contributed by atoms with Gasteiger partial charge >= 0.3 is 12.0 Å². The van der Waals surface area contributed by atoms with Crippen LogP contribution in [0.3, 0.4) is 0 Å². The Balaban J connectivity index is 1.51. The van der Waals surface area contributed by atoms with Crippen LogP contribution in [0.2, 0.25) is 5.02 Å². The fourth-order valence-corrected chi connectivity index (χ4v) is 3.20. The molecule has 1 aromatic carbocycles. The minimum absolute atomic E-state index is 0.0988. The number of halogens is 1. The van der Waals surface area contributed by atoms with Crippen molar-refractivity contribution >= 4 is 41.1 Å². The molecule has 0 radical (unpaired) electrons. The summed E-state index contributed by atoms with van der Waals surface area (Å²) in [5.41, 5.74) is 0.356. The van der Waals surface area contributed by atoms with Crippen molar-refractivity contribution in [3.05, 3.63) is 28.8 Å². The van der Waals surface area contributed by atoms with Gasteiger partial charge in [-0.05, 0) is 50.3 Å². The number of aryl methyl sites for hydroxylation is 1. The SMILES string of the molecule is Cc1ccc(Cl)cc1NC(=O)COC(=O)CN1C(=O)N[C@@](C)(C2CC2)C1=O. The molecule has 0 unspecified atom stereocenters. The minimum Gasteiger partial charge on any atom is -0.454 e. The molecule has 144 valence electrons. The van der Waals surface area contributed by atoms with Gasteiger partial charge in [0.25, 0.3) is 11.8 Å². The predicted octanol–water partition coefficient (Wildman–Crippen LogP) is 1.85. The zero-order valence-corrected chi connectivity index (χ0v) is 15.8. The van der Waals surface area contributed by atoms with Gasteiger partial charge in [0.05, 0.1) is 0 Å². The van der Waals surface area contributed by atoms with Crippen molar-refractivity contribution in [1.29, 1.82) is 0 Å². The van der Waals surface area contributed by atoms with Crippen LogP contribution >= 0.6 is 11.6 Å². The number of benzene rings is 1. The molecule has 4 amide bonds. The van der Waals surface area contributed by atoms with E-state index in [2.05, 4.69) is 10.6 Å². The van der Waals surface area contributed by atoms with Gasteiger partial charge < -0.3 is 15.4 Å². The predicted molar refractivity (Wildman–Crippen MR) is 97.2 cm³/mol. The Morgan fingerprint density at radius 1 is 1.37 bits per heavy atom. The van der Waals surface area contributed by atoms with Crippen LogP contribution in [-0.2, 0) is 19.1 Å². The number of hydrogen-bond donors (Lipinski definition) is 2. The van der Waals surface area contributed by atoms with E-state index in [9.17, 15) is 19.2 Å². The molecule has 8 nitrogen and oxygen atoms in total. The third kappa shape index (κ3) is 4.05. The topological polar surface area (TPSA) is 105 Å². The van der Waals surface area contributed by atoms with E-state index >= 15 is 0 Å². The van der Waals surface area contributed by atoms with Crippen LogP contribution in [0.4, 0.5) is 10.5 Å². The largest absolute Gasteiger partial charge is 0.454 e. The first-order valence-corrected chi connectivity index (χ1v) is 8.94. The second kappa shape index (κ2) is 7.19. The fourth-order valence-electron chi connectivity index (χ4n) is 3.03. The maximum atomic E-state index is 12.4. The second-order valence-electron chi connectivity index (χ2n) is 6.97. The first kappa shape index (κ1) is 19.2. The number of amides is 4. The lowest BCUT2D eigenvalue weighted by atomic mass is 9.96. The Labute approximate surface area is 161 Å². The van der Waals surface area contributed by atoms with Gasteiger partial charge in [-0.1, -0.05) is 17.7 Å². The maximum Gasteiger partial charge on any atom is 0.326 e. The number of urea groups is 1. The number of ether oxygens (including phenoxy) is 1. The molecule has 2 aliphatic rings. The molecule has 1 atom stereocenters. The van der Waals surface area contributed by atoms with E-state index in [0.29, 0.717) is 10.7 Å². The molecule has 1 aromatic rings.